The molecule has 2 nitrogen and oxygen atoms in total. The SMILES string of the molecule is c1ccc2c(C3CCC3CNC3CC3)cncc2c1. The van der Waals surface area contributed by atoms with E-state index in [-0.39, 0.29) is 0 Å². The van der Waals surface area contributed by atoms with Gasteiger partial charge in [0.2, 0.25) is 0 Å². The molecule has 0 bridgehead atoms. The predicted molar refractivity (Wildman–Crippen MR) is 78.2 cm³/mol. The van der Waals surface area contributed by atoms with Crippen LogP contribution in [0.2, 0.25) is 0 Å². The van der Waals surface area contributed by atoms with Gasteiger partial charge >= 0.3 is 0 Å². The third-order valence-electron chi connectivity index (χ3n) is 4.76. The molecule has 2 aliphatic carbocycles. The summed E-state index contributed by atoms with van der Waals surface area (Å²) in [6.45, 7) is 1.19. The number of hydrogen-bond donors (Lipinski definition) is 1. The number of benzene rings is 1. The lowest BCUT2D eigenvalue weighted by Gasteiger charge is -2.37. The Bertz CT molecular complexity index is 583. The van der Waals surface area contributed by atoms with Crippen molar-refractivity contribution in [3.8, 4) is 0 Å². The molecule has 1 aromatic heterocycles. The Morgan fingerprint density at radius 1 is 1.05 bits per heavy atom. The molecule has 2 aliphatic rings. The summed E-state index contributed by atoms with van der Waals surface area (Å²) in [5, 5.41) is 6.37. The summed E-state index contributed by atoms with van der Waals surface area (Å²) < 4.78 is 0. The quantitative estimate of drug-likeness (QED) is 0.901. The zero-order valence-electron chi connectivity index (χ0n) is 11.2. The third-order valence-corrected chi connectivity index (χ3v) is 4.76. The van der Waals surface area contributed by atoms with E-state index in [1.54, 1.807) is 0 Å². The van der Waals surface area contributed by atoms with Gasteiger partial charge in [0.15, 0.2) is 0 Å². The molecule has 1 aromatic carbocycles. The minimum Gasteiger partial charge on any atom is -0.314 e. The van der Waals surface area contributed by atoms with Gasteiger partial charge in [-0.3, -0.25) is 4.98 Å². The number of nitrogens with one attached hydrogen (secondary N) is 1. The fourth-order valence-electron chi connectivity index (χ4n) is 3.26. The topological polar surface area (TPSA) is 24.9 Å². The van der Waals surface area contributed by atoms with Gasteiger partial charge in [-0.1, -0.05) is 24.3 Å². The van der Waals surface area contributed by atoms with Crippen LogP contribution >= 0.6 is 0 Å². The normalized spacial score (nSPS) is 26.3. The van der Waals surface area contributed by atoms with Crippen molar-refractivity contribution >= 4 is 10.8 Å². The maximum absolute atomic E-state index is 4.44. The summed E-state index contributed by atoms with van der Waals surface area (Å²) in [5.74, 6) is 1.53. The molecule has 19 heavy (non-hydrogen) atoms. The van der Waals surface area contributed by atoms with Crippen molar-refractivity contribution in [3.63, 3.8) is 0 Å². The minimum absolute atomic E-state index is 0.713. The average molecular weight is 252 g/mol. The lowest BCUT2D eigenvalue weighted by molar-refractivity contribution is 0.246. The molecule has 98 valence electrons. The molecule has 1 heterocycles. The fraction of sp³-hybridized carbons (Fsp3) is 0.471. The van der Waals surface area contributed by atoms with Crippen LogP contribution in [0, 0.1) is 5.92 Å². The first-order chi connectivity index (χ1) is 9.42. The highest BCUT2D eigenvalue weighted by Gasteiger charge is 2.34. The second kappa shape index (κ2) is 4.61. The van der Waals surface area contributed by atoms with Crippen molar-refractivity contribution < 1.29 is 0 Å². The monoisotopic (exact) mass is 252 g/mol. The van der Waals surface area contributed by atoms with Gasteiger partial charge in [-0.05, 0) is 55.0 Å². The van der Waals surface area contributed by atoms with Gasteiger partial charge in [0, 0.05) is 23.8 Å². The van der Waals surface area contributed by atoms with Crippen LogP contribution in [-0.2, 0) is 0 Å². The van der Waals surface area contributed by atoms with Gasteiger partial charge in [-0.15, -0.1) is 0 Å². The highest BCUT2D eigenvalue weighted by molar-refractivity contribution is 5.85. The molecule has 2 aromatic rings. The van der Waals surface area contributed by atoms with E-state index in [1.807, 2.05) is 6.20 Å². The molecule has 0 spiro atoms. The first-order valence-corrected chi connectivity index (χ1v) is 7.48. The lowest BCUT2D eigenvalue weighted by atomic mass is 9.69. The first-order valence-electron chi connectivity index (χ1n) is 7.48. The molecule has 0 amide bonds. The van der Waals surface area contributed by atoms with E-state index in [0.29, 0.717) is 5.92 Å². The van der Waals surface area contributed by atoms with Gasteiger partial charge in [-0.2, -0.15) is 0 Å². The molecule has 2 fully saturated rings. The average Bonchev–Trinajstić information content (AvgIpc) is 3.22. The van der Waals surface area contributed by atoms with Crippen LogP contribution in [0.4, 0.5) is 0 Å². The van der Waals surface area contributed by atoms with Crippen LogP contribution in [0.1, 0.15) is 37.2 Å². The molecular weight excluding hydrogens is 232 g/mol. The first kappa shape index (κ1) is 11.4. The fourth-order valence-corrected chi connectivity index (χ4v) is 3.26. The number of aromatic nitrogens is 1. The third kappa shape index (κ3) is 2.14. The van der Waals surface area contributed by atoms with Crippen molar-refractivity contribution in [2.75, 3.05) is 6.54 Å². The number of fused-ring (bicyclic) bond motifs is 1. The maximum atomic E-state index is 4.44. The summed E-state index contributed by atoms with van der Waals surface area (Å²) in [6, 6.07) is 9.48. The second-order valence-electron chi connectivity index (χ2n) is 6.08. The second-order valence-corrected chi connectivity index (χ2v) is 6.08. The highest BCUT2D eigenvalue weighted by Crippen LogP contribution is 2.44. The molecule has 4 rings (SSSR count). The van der Waals surface area contributed by atoms with Crippen molar-refractivity contribution in [1.29, 1.82) is 0 Å². The minimum atomic E-state index is 0.713. The van der Waals surface area contributed by atoms with Crippen LogP contribution < -0.4 is 5.32 Å². The smallest absolute Gasteiger partial charge is 0.0346 e. The van der Waals surface area contributed by atoms with Crippen LogP contribution in [0.3, 0.4) is 0 Å². The van der Waals surface area contributed by atoms with Gasteiger partial charge in [0.25, 0.3) is 0 Å². The maximum Gasteiger partial charge on any atom is 0.0346 e. The van der Waals surface area contributed by atoms with E-state index >= 15 is 0 Å². The van der Waals surface area contributed by atoms with Gasteiger partial charge < -0.3 is 5.32 Å². The van der Waals surface area contributed by atoms with Crippen LogP contribution in [0.25, 0.3) is 10.8 Å². The van der Waals surface area contributed by atoms with E-state index in [4.69, 9.17) is 0 Å². The van der Waals surface area contributed by atoms with Gasteiger partial charge in [-0.25, -0.2) is 0 Å². The molecule has 0 saturated heterocycles. The Morgan fingerprint density at radius 3 is 2.74 bits per heavy atom. The van der Waals surface area contributed by atoms with Crippen LogP contribution in [0.15, 0.2) is 36.7 Å². The molecule has 0 aliphatic heterocycles. The Kier molecular flexibility index (Phi) is 2.77. The van der Waals surface area contributed by atoms with Crippen molar-refractivity contribution in [3.05, 3.63) is 42.2 Å². The Labute approximate surface area is 114 Å². The number of pyridine rings is 1. The molecule has 0 radical (unpaired) electrons. The Balaban J connectivity index is 1.59. The van der Waals surface area contributed by atoms with E-state index in [2.05, 4.69) is 40.8 Å². The van der Waals surface area contributed by atoms with E-state index < -0.39 is 0 Å². The van der Waals surface area contributed by atoms with E-state index in [1.165, 1.54) is 48.6 Å². The zero-order valence-corrected chi connectivity index (χ0v) is 11.2. The number of rotatable bonds is 4. The lowest BCUT2D eigenvalue weighted by Crippen LogP contribution is -2.34. The standard InChI is InChI=1S/C17H20N2/c1-2-4-15-12(3-1)9-18-11-17(15)16-8-5-13(16)10-19-14-6-7-14/h1-4,9,11,13-14,16,19H,5-8,10H2. The predicted octanol–water partition coefficient (Wildman–Crippen LogP) is 3.48. The van der Waals surface area contributed by atoms with Crippen molar-refractivity contribution in [1.82, 2.24) is 10.3 Å². The number of hydrogen-bond acceptors (Lipinski definition) is 2. The molecule has 2 unspecified atom stereocenters. The summed E-state index contributed by atoms with van der Waals surface area (Å²) in [6.07, 6.45) is 9.53. The summed E-state index contributed by atoms with van der Waals surface area (Å²) in [5.41, 5.74) is 1.46. The van der Waals surface area contributed by atoms with E-state index in [0.717, 1.165) is 12.0 Å². The number of nitrogens with zero attached hydrogens (tertiary/aromatic N) is 1. The molecule has 1 N–H and O–H groups in total. The van der Waals surface area contributed by atoms with Gasteiger partial charge in [0.1, 0.15) is 0 Å². The van der Waals surface area contributed by atoms with Crippen molar-refractivity contribution in [2.45, 2.75) is 37.6 Å². The van der Waals surface area contributed by atoms with Gasteiger partial charge in [0.05, 0.1) is 0 Å². The summed E-state index contributed by atoms with van der Waals surface area (Å²) in [7, 11) is 0. The van der Waals surface area contributed by atoms with E-state index in [9.17, 15) is 0 Å². The van der Waals surface area contributed by atoms with Crippen LogP contribution in [0.5, 0.6) is 0 Å². The molecule has 2 atom stereocenters. The molecular formula is C17H20N2. The highest BCUT2D eigenvalue weighted by atomic mass is 14.9. The molecule has 2 heteroatoms. The summed E-state index contributed by atoms with van der Waals surface area (Å²) in [4.78, 5) is 4.44. The van der Waals surface area contributed by atoms with Crippen LogP contribution in [-0.4, -0.2) is 17.6 Å². The Morgan fingerprint density at radius 2 is 1.95 bits per heavy atom. The largest absolute Gasteiger partial charge is 0.314 e. The van der Waals surface area contributed by atoms with Crippen molar-refractivity contribution in [2.24, 2.45) is 5.92 Å². The Hall–Kier alpha value is -1.41. The zero-order chi connectivity index (χ0) is 12.7. The molecule has 2 saturated carbocycles. The summed E-state index contributed by atoms with van der Waals surface area (Å²) >= 11 is 0.